The maximum absolute atomic E-state index is 12.2. The smallest absolute Gasteiger partial charge is 0.338 e. The highest BCUT2D eigenvalue weighted by Gasteiger charge is 2.10. The van der Waals surface area contributed by atoms with Crippen molar-refractivity contribution in [1.29, 1.82) is 0 Å². The molecule has 0 saturated carbocycles. The molecule has 1 N–H and O–H groups in total. The van der Waals surface area contributed by atoms with E-state index in [1.54, 1.807) is 36.2 Å². The van der Waals surface area contributed by atoms with Crippen LogP contribution in [-0.4, -0.2) is 32.1 Å². The van der Waals surface area contributed by atoms with Crippen molar-refractivity contribution in [2.75, 3.05) is 30.4 Å². The third kappa shape index (κ3) is 4.84. The standard InChI is InChI=1S/C19H22N2O3/c1-3-13-24-19(23)15-9-11-16(12-10-15)20-14-18(22)21(2)17-7-5-4-6-8-17/h4-12,20H,3,13-14H2,1-2H3. The van der Waals surface area contributed by atoms with Crippen LogP contribution in [0, 0.1) is 0 Å². The van der Waals surface area contributed by atoms with Crippen molar-refractivity contribution in [3.05, 3.63) is 60.2 Å². The zero-order chi connectivity index (χ0) is 17.4. The normalized spacial score (nSPS) is 10.1. The highest BCUT2D eigenvalue weighted by molar-refractivity contribution is 5.95. The van der Waals surface area contributed by atoms with Gasteiger partial charge in [0, 0.05) is 18.4 Å². The molecule has 5 nitrogen and oxygen atoms in total. The monoisotopic (exact) mass is 326 g/mol. The third-order valence-corrected chi connectivity index (χ3v) is 3.52. The SMILES string of the molecule is CCCOC(=O)c1ccc(NCC(=O)N(C)c2ccccc2)cc1. The molecule has 0 aliphatic heterocycles. The Morgan fingerprint density at radius 2 is 1.71 bits per heavy atom. The van der Waals surface area contributed by atoms with Crippen LogP contribution < -0.4 is 10.2 Å². The average molecular weight is 326 g/mol. The van der Waals surface area contributed by atoms with E-state index >= 15 is 0 Å². The Morgan fingerprint density at radius 1 is 1.04 bits per heavy atom. The molecule has 24 heavy (non-hydrogen) atoms. The second-order valence-corrected chi connectivity index (χ2v) is 5.36. The molecule has 0 atom stereocenters. The van der Waals surface area contributed by atoms with Crippen molar-refractivity contribution in [1.82, 2.24) is 0 Å². The lowest BCUT2D eigenvalue weighted by molar-refractivity contribution is -0.116. The summed E-state index contributed by atoms with van der Waals surface area (Å²) in [6.07, 6.45) is 0.794. The molecule has 0 aliphatic rings. The molecule has 0 saturated heterocycles. The van der Waals surface area contributed by atoms with Gasteiger partial charge in [0.1, 0.15) is 0 Å². The first-order valence-corrected chi connectivity index (χ1v) is 7.94. The summed E-state index contributed by atoms with van der Waals surface area (Å²) in [7, 11) is 1.74. The van der Waals surface area contributed by atoms with Crippen LogP contribution in [0.15, 0.2) is 54.6 Å². The molecule has 0 aromatic heterocycles. The summed E-state index contributed by atoms with van der Waals surface area (Å²) in [5.74, 6) is -0.379. The fourth-order valence-electron chi connectivity index (χ4n) is 2.09. The first-order chi connectivity index (χ1) is 11.6. The van der Waals surface area contributed by atoms with E-state index in [0.29, 0.717) is 12.2 Å². The fourth-order valence-corrected chi connectivity index (χ4v) is 2.09. The number of likely N-dealkylation sites (N-methyl/N-ethyl adjacent to an activating group) is 1. The van der Waals surface area contributed by atoms with Crippen LogP contribution in [0.2, 0.25) is 0 Å². The number of carbonyl (C=O) groups is 2. The van der Waals surface area contributed by atoms with E-state index in [-0.39, 0.29) is 18.4 Å². The van der Waals surface area contributed by atoms with Crippen molar-refractivity contribution in [2.45, 2.75) is 13.3 Å². The largest absolute Gasteiger partial charge is 0.462 e. The maximum Gasteiger partial charge on any atom is 0.338 e. The van der Waals surface area contributed by atoms with E-state index < -0.39 is 0 Å². The molecule has 5 heteroatoms. The molecular formula is C19H22N2O3. The Hall–Kier alpha value is -2.82. The summed E-state index contributed by atoms with van der Waals surface area (Å²) < 4.78 is 5.08. The minimum atomic E-state index is -0.330. The van der Waals surface area contributed by atoms with Crippen LogP contribution in [-0.2, 0) is 9.53 Å². The predicted molar refractivity (Wildman–Crippen MR) is 95.4 cm³/mol. The van der Waals surface area contributed by atoms with Gasteiger partial charge in [-0.05, 0) is 42.8 Å². The number of benzene rings is 2. The number of ether oxygens (including phenoxy) is 1. The Labute approximate surface area is 142 Å². The summed E-state index contributed by atoms with van der Waals surface area (Å²) in [4.78, 5) is 25.5. The van der Waals surface area contributed by atoms with Gasteiger partial charge >= 0.3 is 5.97 Å². The Morgan fingerprint density at radius 3 is 2.33 bits per heavy atom. The lowest BCUT2D eigenvalue weighted by Gasteiger charge is -2.18. The molecule has 126 valence electrons. The van der Waals surface area contributed by atoms with Crippen molar-refractivity contribution in [3.8, 4) is 0 Å². The molecule has 0 aliphatic carbocycles. The Kier molecular flexibility index (Phi) is 6.37. The van der Waals surface area contributed by atoms with E-state index in [9.17, 15) is 9.59 Å². The van der Waals surface area contributed by atoms with Crippen LogP contribution in [0.1, 0.15) is 23.7 Å². The molecule has 0 spiro atoms. The van der Waals surface area contributed by atoms with E-state index in [2.05, 4.69) is 5.32 Å². The number of hydrogen-bond acceptors (Lipinski definition) is 4. The van der Waals surface area contributed by atoms with Gasteiger partial charge in [0.25, 0.3) is 0 Å². The molecule has 2 aromatic rings. The number of nitrogens with one attached hydrogen (secondary N) is 1. The summed E-state index contributed by atoms with van der Waals surface area (Å²) in [5.41, 5.74) is 2.12. The topological polar surface area (TPSA) is 58.6 Å². The number of anilines is 2. The van der Waals surface area contributed by atoms with Crippen LogP contribution in [0.25, 0.3) is 0 Å². The number of hydrogen-bond donors (Lipinski definition) is 1. The number of para-hydroxylation sites is 1. The van der Waals surface area contributed by atoms with Crippen molar-refractivity contribution >= 4 is 23.3 Å². The number of rotatable bonds is 7. The lowest BCUT2D eigenvalue weighted by atomic mass is 10.2. The quantitative estimate of drug-likeness (QED) is 0.793. The third-order valence-electron chi connectivity index (χ3n) is 3.52. The molecule has 0 unspecified atom stereocenters. The van der Waals surface area contributed by atoms with Gasteiger partial charge in [0.05, 0.1) is 18.7 Å². The van der Waals surface area contributed by atoms with Gasteiger partial charge in [0.15, 0.2) is 0 Å². The molecule has 1 amide bonds. The molecular weight excluding hydrogens is 304 g/mol. The zero-order valence-corrected chi connectivity index (χ0v) is 14.0. The van der Waals surface area contributed by atoms with Crippen LogP contribution in [0.5, 0.6) is 0 Å². The summed E-state index contributed by atoms with van der Waals surface area (Å²) in [5, 5.41) is 3.06. The highest BCUT2D eigenvalue weighted by atomic mass is 16.5. The van der Waals surface area contributed by atoms with Gasteiger partial charge in [-0.3, -0.25) is 4.79 Å². The van der Waals surface area contributed by atoms with Gasteiger partial charge in [-0.25, -0.2) is 4.79 Å². The first-order valence-electron chi connectivity index (χ1n) is 7.94. The highest BCUT2D eigenvalue weighted by Crippen LogP contribution is 2.13. The second kappa shape index (κ2) is 8.72. The summed E-state index contributed by atoms with van der Waals surface area (Å²) in [6, 6.07) is 16.4. The van der Waals surface area contributed by atoms with E-state index in [1.807, 2.05) is 37.3 Å². The van der Waals surface area contributed by atoms with Gasteiger partial charge in [0.2, 0.25) is 5.91 Å². The van der Waals surface area contributed by atoms with Crippen molar-refractivity contribution in [3.63, 3.8) is 0 Å². The molecule has 2 rings (SSSR count). The van der Waals surface area contributed by atoms with Crippen LogP contribution in [0.3, 0.4) is 0 Å². The minimum Gasteiger partial charge on any atom is -0.462 e. The van der Waals surface area contributed by atoms with E-state index in [0.717, 1.165) is 17.8 Å². The molecule has 2 aromatic carbocycles. The summed E-state index contributed by atoms with van der Waals surface area (Å²) in [6.45, 7) is 2.54. The Bertz CT molecular complexity index is 669. The number of nitrogens with zero attached hydrogens (tertiary/aromatic N) is 1. The first kappa shape index (κ1) is 17.5. The minimum absolute atomic E-state index is 0.0485. The number of esters is 1. The molecule has 0 bridgehead atoms. The number of amides is 1. The second-order valence-electron chi connectivity index (χ2n) is 5.36. The van der Waals surface area contributed by atoms with E-state index in [4.69, 9.17) is 4.74 Å². The predicted octanol–water partition coefficient (Wildman–Crippen LogP) is 3.33. The molecule has 0 fully saturated rings. The number of carbonyl (C=O) groups excluding carboxylic acids is 2. The van der Waals surface area contributed by atoms with Crippen LogP contribution >= 0.6 is 0 Å². The van der Waals surface area contributed by atoms with Crippen LogP contribution in [0.4, 0.5) is 11.4 Å². The zero-order valence-electron chi connectivity index (χ0n) is 14.0. The van der Waals surface area contributed by atoms with Gasteiger partial charge in [-0.1, -0.05) is 25.1 Å². The fraction of sp³-hybridized carbons (Fsp3) is 0.263. The van der Waals surface area contributed by atoms with Crippen molar-refractivity contribution < 1.29 is 14.3 Å². The summed E-state index contributed by atoms with van der Waals surface area (Å²) >= 11 is 0. The van der Waals surface area contributed by atoms with Crippen molar-refractivity contribution in [2.24, 2.45) is 0 Å². The average Bonchev–Trinajstić information content (AvgIpc) is 2.64. The molecule has 0 radical (unpaired) electrons. The van der Waals surface area contributed by atoms with E-state index in [1.165, 1.54) is 0 Å². The molecule has 0 heterocycles. The van der Waals surface area contributed by atoms with Gasteiger partial charge in [-0.15, -0.1) is 0 Å². The van der Waals surface area contributed by atoms with Gasteiger partial charge < -0.3 is 15.0 Å². The Balaban J connectivity index is 1.88. The maximum atomic E-state index is 12.2. The van der Waals surface area contributed by atoms with Gasteiger partial charge in [-0.2, -0.15) is 0 Å². The lowest BCUT2D eigenvalue weighted by Crippen LogP contribution is -2.32.